The third-order valence-electron chi connectivity index (χ3n) is 7.28. The van der Waals surface area contributed by atoms with E-state index in [9.17, 15) is 22.0 Å². The molecule has 1 unspecified atom stereocenters. The first-order valence-corrected chi connectivity index (χ1v) is 14.1. The Kier molecular flexibility index (Phi) is 8.30. The second-order valence-corrected chi connectivity index (χ2v) is 11.9. The molecule has 2 aromatic carbocycles. The number of benzene rings is 2. The van der Waals surface area contributed by atoms with Gasteiger partial charge in [-0.15, -0.1) is 0 Å². The summed E-state index contributed by atoms with van der Waals surface area (Å²) in [6.45, 7) is 2.70. The number of piperidine rings is 2. The van der Waals surface area contributed by atoms with Gasteiger partial charge >= 0.3 is 0 Å². The summed E-state index contributed by atoms with van der Waals surface area (Å²) in [5.41, 5.74) is 1.94. The van der Waals surface area contributed by atoms with E-state index in [-0.39, 0.29) is 23.4 Å². The number of sulfonamides is 1. The van der Waals surface area contributed by atoms with Gasteiger partial charge in [-0.2, -0.15) is 4.31 Å². The smallest absolute Gasteiger partial charge is 0.248 e. The fraction of sp³-hybridized carbons (Fsp3) is 0.519. The Labute approximate surface area is 212 Å². The SMILES string of the molecule is CC(F)(F)C1CCN(c2ccc(S(=O)(=O)N3CCCC(NC(=O)CCc4ccccc4)C3)cc2)CC1. The highest BCUT2D eigenvalue weighted by Crippen LogP contribution is 2.34. The molecule has 0 aromatic heterocycles. The Morgan fingerprint density at radius 2 is 1.67 bits per heavy atom. The molecule has 1 N–H and O–H groups in total. The van der Waals surface area contributed by atoms with Crippen LogP contribution in [0.25, 0.3) is 0 Å². The van der Waals surface area contributed by atoms with Crippen molar-refractivity contribution in [3.05, 3.63) is 60.2 Å². The Hall–Kier alpha value is -2.52. The number of hydrogen-bond acceptors (Lipinski definition) is 4. The lowest BCUT2D eigenvalue weighted by Gasteiger charge is -2.36. The van der Waals surface area contributed by atoms with Gasteiger partial charge in [0.2, 0.25) is 21.9 Å². The van der Waals surface area contributed by atoms with Gasteiger partial charge in [-0.05, 0) is 68.9 Å². The summed E-state index contributed by atoms with van der Waals surface area (Å²) in [6.07, 6.45) is 3.26. The molecular weight excluding hydrogens is 484 g/mol. The number of hydrogen-bond donors (Lipinski definition) is 1. The van der Waals surface area contributed by atoms with Crippen LogP contribution >= 0.6 is 0 Å². The quantitative estimate of drug-likeness (QED) is 0.559. The van der Waals surface area contributed by atoms with Gasteiger partial charge in [0.25, 0.3) is 0 Å². The molecule has 6 nitrogen and oxygen atoms in total. The lowest BCUT2D eigenvalue weighted by molar-refractivity contribution is -0.122. The zero-order chi connectivity index (χ0) is 25.8. The summed E-state index contributed by atoms with van der Waals surface area (Å²) >= 11 is 0. The second kappa shape index (κ2) is 11.3. The molecule has 2 aliphatic rings. The van der Waals surface area contributed by atoms with Gasteiger partial charge < -0.3 is 10.2 Å². The van der Waals surface area contributed by atoms with Crippen molar-refractivity contribution in [3.8, 4) is 0 Å². The van der Waals surface area contributed by atoms with E-state index in [1.54, 1.807) is 24.3 Å². The number of nitrogens with one attached hydrogen (secondary N) is 1. The predicted molar refractivity (Wildman–Crippen MR) is 137 cm³/mol. The molecule has 0 aliphatic carbocycles. The van der Waals surface area contributed by atoms with Crippen LogP contribution in [0.15, 0.2) is 59.5 Å². The first kappa shape index (κ1) is 26.5. The summed E-state index contributed by atoms with van der Waals surface area (Å²) in [6, 6.07) is 16.3. The first-order chi connectivity index (χ1) is 17.1. The monoisotopic (exact) mass is 519 g/mol. The van der Waals surface area contributed by atoms with Crippen molar-refractivity contribution in [3.63, 3.8) is 0 Å². The van der Waals surface area contributed by atoms with Crippen LogP contribution in [0.4, 0.5) is 14.5 Å². The zero-order valence-electron chi connectivity index (χ0n) is 20.7. The van der Waals surface area contributed by atoms with Crippen LogP contribution in [0, 0.1) is 5.92 Å². The number of alkyl halides is 2. The van der Waals surface area contributed by atoms with Gasteiger partial charge in [0.15, 0.2) is 0 Å². The minimum Gasteiger partial charge on any atom is -0.372 e. The molecule has 0 spiro atoms. The number of carbonyl (C=O) groups is 1. The van der Waals surface area contributed by atoms with E-state index in [4.69, 9.17) is 0 Å². The van der Waals surface area contributed by atoms with E-state index in [2.05, 4.69) is 5.32 Å². The normalized spacial score (nSPS) is 20.3. The van der Waals surface area contributed by atoms with Crippen LogP contribution < -0.4 is 10.2 Å². The van der Waals surface area contributed by atoms with Gasteiger partial charge in [0.05, 0.1) is 4.90 Å². The van der Waals surface area contributed by atoms with E-state index in [0.717, 1.165) is 24.6 Å². The zero-order valence-corrected chi connectivity index (χ0v) is 21.5. The summed E-state index contributed by atoms with van der Waals surface area (Å²) < 4.78 is 55.2. The standard InChI is InChI=1S/C27H35F2N3O3S/c1-27(28,29)22-15-18-31(19-16-22)24-10-12-25(13-11-24)36(34,35)32-17-5-8-23(20-32)30-26(33)14-9-21-6-3-2-4-7-21/h2-4,6-7,10-13,22-23H,5,8-9,14-20H2,1H3,(H,30,33). The fourth-order valence-electron chi connectivity index (χ4n) is 5.10. The summed E-state index contributed by atoms with van der Waals surface area (Å²) in [4.78, 5) is 14.7. The predicted octanol–water partition coefficient (Wildman–Crippen LogP) is 4.46. The van der Waals surface area contributed by atoms with Crippen LogP contribution in [0.3, 0.4) is 0 Å². The number of aryl methyl sites for hydroxylation is 1. The first-order valence-electron chi connectivity index (χ1n) is 12.7. The van der Waals surface area contributed by atoms with Gasteiger partial charge in [-0.25, -0.2) is 17.2 Å². The van der Waals surface area contributed by atoms with E-state index in [1.165, 1.54) is 4.31 Å². The maximum absolute atomic E-state index is 13.6. The molecule has 0 radical (unpaired) electrons. The van der Waals surface area contributed by atoms with Crippen molar-refractivity contribution in [2.45, 2.75) is 62.3 Å². The number of halogens is 2. The minimum absolute atomic E-state index is 0.0722. The molecule has 0 saturated carbocycles. The minimum atomic E-state index is -3.70. The average molecular weight is 520 g/mol. The largest absolute Gasteiger partial charge is 0.372 e. The Morgan fingerprint density at radius 1 is 1.00 bits per heavy atom. The molecule has 2 aromatic rings. The molecule has 2 aliphatic heterocycles. The van der Waals surface area contributed by atoms with Crippen molar-refractivity contribution in [2.24, 2.45) is 5.92 Å². The average Bonchev–Trinajstić information content (AvgIpc) is 2.88. The maximum atomic E-state index is 13.6. The summed E-state index contributed by atoms with van der Waals surface area (Å²) in [5, 5.41) is 3.00. The number of carbonyl (C=O) groups excluding carboxylic acids is 1. The molecular formula is C27H35F2N3O3S. The molecule has 2 fully saturated rings. The Bertz CT molecular complexity index is 1110. The van der Waals surface area contributed by atoms with Crippen molar-refractivity contribution in [1.29, 1.82) is 0 Å². The molecule has 0 bridgehead atoms. The molecule has 1 atom stereocenters. The van der Waals surface area contributed by atoms with Gasteiger partial charge in [0.1, 0.15) is 0 Å². The van der Waals surface area contributed by atoms with Gasteiger partial charge in [-0.1, -0.05) is 30.3 Å². The molecule has 196 valence electrons. The highest BCUT2D eigenvalue weighted by Gasteiger charge is 2.36. The topological polar surface area (TPSA) is 69.7 Å². The van der Waals surface area contributed by atoms with Crippen molar-refractivity contribution >= 4 is 21.6 Å². The van der Waals surface area contributed by atoms with Crippen molar-refractivity contribution < 1.29 is 22.0 Å². The van der Waals surface area contributed by atoms with E-state index in [0.29, 0.717) is 51.7 Å². The molecule has 2 heterocycles. The van der Waals surface area contributed by atoms with Crippen LogP contribution in [0.5, 0.6) is 0 Å². The van der Waals surface area contributed by atoms with E-state index >= 15 is 0 Å². The Morgan fingerprint density at radius 3 is 2.31 bits per heavy atom. The molecule has 1 amide bonds. The molecule has 4 rings (SSSR count). The lowest BCUT2D eigenvalue weighted by Crippen LogP contribution is -2.49. The molecule has 9 heteroatoms. The van der Waals surface area contributed by atoms with Crippen LogP contribution in [-0.2, 0) is 21.2 Å². The summed E-state index contributed by atoms with van der Waals surface area (Å²) in [5.74, 6) is -3.35. The lowest BCUT2D eigenvalue weighted by atomic mass is 9.91. The van der Waals surface area contributed by atoms with E-state index < -0.39 is 21.9 Å². The third-order valence-corrected chi connectivity index (χ3v) is 9.16. The Balaban J connectivity index is 1.32. The van der Waals surface area contributed by atoms with Gasteiger partial charge in [0, 0.05) is 50.2 Å². The number of anilines is 1. The van der Waals surface area contributed by atoms with Crippen molar-refractivity contribution in [2.75, 3.05) is 31.1 Å². The highest BCUT2D eigenvalue weighted by atomic mass is 32.2. The number of amides is 1. The van der Waals surface area contributed by atoms with Crippen LogP contribution in [0.1, 0.15) is 44.6 Å². The number of nitrogens with zero attached hydrogens (tertiary/aromatic N) is 2. The molecule has 2 saturated heterocycles. The van der Waals surface area contributed by atoms with Crippen LogP contribution in [0.2, 0.25) is 0 Å². The third kappa shape index (κ3) is 6.62. The van der Waals surface area contributed by atoms with E-state index in [1.807, 2.05) is 35.2 Å². The maximum Gasteiger partial charge on any atom is 0.248 e. The second-order valence-electron chi connectivity index (χ2n) is 9.97. The highest BCUT2D eigenvalue weighted by molar-refractivity contribution is 7.89. The van der Waals surface area contributed by atoms with Crippen molar-refractivity contribution in [1.82, 2.24) is 9.62 Å². The number of rotatable bonds is 8. The fourth-order valence-corrected chi connectivity index (χ4v) is 6.63. The van der Waals surface area contributed by atoms with Gasteiger partial charge in [-0.3, -0.25) is 4.79 Å². The summed E-state index contributed by atoms with van der Waals surface area (Å²) in [7, 11) is -3.70. The molecule has 36 heavy (non-hydrogen) atoms. The van der Waals surface area contributed by atoms with Crippen LogP contribution in [-0.4, -0.2) is 56.8 Å².